The molecular weight excluding hydrogens is 356 g/mol. The molecule has 0 aromatic heterocycles. The Balaban J connectivity index is 1.82. The zero-order valence-electron chi connectivity index (χ0n) is 15.3. The first-order valence-electron chi connectivity index (χ1n) is 9.02. The number of benzene rings is 3. The molecule has 0 spiro atoms. The van der Waals surface area contributed by atoms with Gasteiger partial charge in [0.1, 0.15) is 5.75 Å². The SMILES string of the molecule is COc1ccc([C@H]2[C@H]([N+](=O)[O-])[C@@H](c3ccccc3)ON2c2ccccc2)cc1. The van der Waals surface area contributed by atoms with Crippen molar-refractivity contribution in [2.24, 2.45) is 0 Å². The summed E-state index contributed by atoms with van der Waals surface area (Å²) in [5.41, 5.74) is 2.35. The number of para-hydroxylation sites is 1. The number of rotatable bonds is 5. The van der Waals surface area contributed by atoms with E-state index in [1.54, 1.807) is 12.2 Å². The third kappa shape index (κ3) is 3.30. The molecule has 3 atom stereocenters. The lowest BCUT2D eigenvalue weighted by atomic mass is 9.93. The van der Waals surface area contributed by atoms with Gasteiger partial charge in [0.15, 0.2) is 12.1 Å². The summed E-state index contributed by atoms with van der Waals surface area (Å²) in [6, 6.07) is 24.6. The summed E-state index contributed by atoms with van der Waals surface area (Å²) in [7, 11) is 1.59. The second-order valence-corrected chi connectivity index (χ2v) is 6.59. The van der Waals surface area contributed by atoms with Gasteiger partial charge in [-0.25, -0.2) is 5.06 Å². The number of nitrogens with zero attached hydrogens (tertiary/aromatic N) is 2. The Morgan fingerprint density at radius 3 is 2.07 bits per heavy atom. The fourth-order valence-corrected chi connectivity index (χ4v) is 3.61. The van der Waals surface area contributed by atoms with Crippen LogP contribution in [0.15, 0.2) is 84.9 Å². The van der Waals surface area contributed by atoms with Crippen LogP contribution in [0.3, 0.4) is 0 Å². The molecule has 1 heterocycles. The minimum atomic E-state index is -0.962. The summed E-state index contributed by atoms with van der Waals surface area (Å²) in [4.78, 5) is 18.1. The number of hydroxylamine groups is 1. The molecule has 142 valence electrons. The second-order valence-electron chi connectivity index (χ2n) is 6.59. The Morgan fingerprint density at radius 2 is 1.50 bits per heavy atom. The van der Waals surface area contributed by atoms with Crippen LogP contribution in [0.4, 0.5) is 5.69 Å². The molecule has 0 N–H and O–H groups in total. The standard InChI is InChI=1S/C22H20N2O4/c1-27-19-14-12-16(13-15-19)20-21(24(25)26)22(17-8-4-2-5-9-17)28-23(20)18-10-6-3-7-11-18/h2-15,20-22H,1H3/t20-,21-,22+/m0/s1. The number of ether oxygens (including phenoxy) is 1. The van der Waals surface area contributed by atoms with Gasteiger partial charge in [0.05, 0.1) is 12.8 Å². The van der Waals surface area contributed by atoms with Crippen LogP contribution in [0.1, 0.15) is 23.3 Å². The highest BCUT2D eigenvalue weighted by Gasteiger charge is 2.53. The molecule has 0 bridgehead atoms. The lowest BCUT2D eigenvalue weighted by Gasteiger charge is -2.24. The van der Waals surface area contributed by atoms with Crippen molar-refractivity contribution in [1.82, 2.24) is 0 Å². The predicted octanol–water partition coefficient (Wildman–Crippen LogP) is 4.57. The van der Waals surface area contributed by atoms with Gasteiger partial charge < -0.3 is 4.74 Å². The van der Waals surface area contributed by atoms with Crippen LogP contribution in [0.2, 0.25) is 0 Å². The van der Waals surface area contributed by atoms with E-state index in [0.29, 0.717) is 5.75 Å². The molecule has 6 heteroatoms. The maximum Gasteiger partial charge on any atom is 0.272 e. The average molecular weight is 376 g/mol. The van der Waals surface area contributed by atoms with E-state index in [2.05, 4.69) is 0 Å². The maximum absolute atomic E-state index is 12.1. The van der Waals surface area contributed by atoms with E-state index in [0.717, 1.165) is 16.8 Å². The minimum Gasteiger partial charge on any atom is -0.497 e. The highest BCUT2D eigenvalue weighted by molar-refractivity contribution is 5.49. The third-order valence-electron chi connectivity index (χ3n) is 4.95. The van der Waals surface area contributed by atoms with Crippen molar-refractivity contribution in [3.63, 3.8) is 0 Å². The van der Waals surface area contributed by atoms with Gasteiger partial charge in [-0.05, 0) is 35.4 Å². The van der Waals surface area contributed by atoms with E-state index in [-0.39, 0.29) is 4.92 Å². The molecule has 3 aromatic carbocycles. The van der Waals surface area contributed by atoms with Crippen LogP contribution in [-0.2, 0) is 4.84 Å². The Bertz CT molecular complexity index is 932. The van der Waals surface area contributed by atoms with Crippen LogP contribution < -0.4 is 9.80 Å². The summed E-state index contributed by atoms with van der Waals surface area (Å²) in [6.07, 6.45) is -0.691. The van der Waals surface area contributed by atoms with Crippen LogP contribution in [0.5, 0.6) is 5.75 Å². The largest absolute Gasteiger partial charge is 0.497 e. The first-order valence-corrected chi connectivity index (χ1v) is 9.02. The zero-order chi connectivity index (χ0) is 19.5. The number of nitro groups is 1. The van der Waals surface area contributed by atoms with E-state index >= 15 is 0 Å². The van der Waals surface area contributed by atoms with E-state index < -0.39 is 18.2 Å². The molecule has 0 radical (unpaired) electrons. The Kier molecular flexibility index (Phi) is 4.95. The van der Waals surface area contributed by atoms with Crippen molar-refractivity contribution >= 4 is 5.69 Å². The smallest absolute Gasteiger partial charge is 0.272 e. The Labute approximate surface area is 163 Å². The van der Waals surface area contributed by atoms with E-state index in [9.17, 15) is 10.1 Å². The lowest BCUT2D eigenvalue weighted by molar-refractivity contribution is -0.531. The summed E-state index contributed by atoms with van der Waals surface area (Å²) in [5, 5.41) is 13.8. The van der Waals surface area contributed by atoms with E-state index in [1.165, 1.54) is 0 Å². The molecule has 1 saturated heterocycles. The van der Waals surface area contributed by atoms with Gasteiger partial charge in [0.25, 0.3) is 6.04 Å². The molecule has 0 unspecified atom stereocenters. The fourth-order valence-electron chi connectivity index (χ4n) is 3.61. The highest BCUT2D eigenvalue weighted by Crippen LogP contribution is 2.46. The molecule has 6 nitrogen and oxygen atoms in total. The van der Waals surface area contributed by atoms with Crippen molar-refractivity contribution < 1.29 is 14.5 Å². The van der Waals surface area contributed by atoms with Gasteiger partial charge in [0, 0.05) is 4.92 Å². The first-order chi connectivity index (χ1) is 13.7. The molecule has 1 aliphatic rings. The van der Waals surface area contributed by atoms with Crippen LogP contribution >= 0.6 is 0 Å². The molecule has 28 heavy (non-hydrogen) atoms. The van der Waals surface area contributed by atoms with Gasteiger partial charge in [-0.15, -0.1) is 0 Å². The van der Waals surface area contributed by atoms with Crippen LogP contribution in [0.25, 0.3) is 0 Å². The molecule has 1 fully saturated rings. The lowest BCUT2D eigenvalue weighted by Crippen LogP contribution is -2.32. The summed E-state index contributed by atoms with van der Waals surface area (Å²) >= 11 is 0. The maximum atomic E-state index is 12.1. The predicted molar refractivity (Wildman–Crippen MR) is 106 cm³/mol. The van der Waals surface area contributed by atoms with Crippen molar-refractivity contribution in [3.8, 4) is 5.75 Å². The first kappa shape index (κ1) is 18.0. The fraction of sp³-hybridized carbons (Fsp3) is 0.182. The Hall–Kier alpha value is -3.38. The quantitative estimate of drug-likeness (QED) is 0.482. The highest BCUT2D eigenvalue weighted by atomic mass is 16.7. The molecule has 0 aliphatic carbocycles. The van der Waals surface area contributed by atoms with Gasteiger partial charge in [-0.1, -0.05) is 60.7 Å². The molecule has 0 saturated carbocycles. The minimum absolute atomic E-state index is 0.241. The van der Waals surface area contributed by atoms with Gasteiger partial charge in [-0.2, -0.15) is 0 Å². The topological polar surface area (TPSA) is 64.8 Å². The second kappa shape index (κ2) is 7.70. The molecule has 0 amide bonds. The van der Waals surface area contributed by atoms with E-state index in [1.807, 2.05) is 84.9 Å². The van der Waals surface area contributed by atoms with Crippen molar-refractivity contribution in [3.05, 3.63) is 106 Å². The van der Waals surface area contributed by atoms with Crippen LogP contribution in [0, 0.1) is 10.1 Å². The number of hydrogen-bond acceptors (Lipinski definition) is 5. The summed E-state index contributed by atoms with van der Waals surface area (Å²) in [6.45, 7) is 0. The molecular formula is C22H20N2O4. The molecule has 1 aliphatic heterocycles. The molecule has 3 aromatic rings. The number of methoxy groups -OCH3 is 1. The Morgan fingerprint density at radius 1 is 0.893 bits per heavy atom. The van der Waals surface area contributed by atoms with Crippen molar-refractivity contribution in [1.29, 1.82) is 0 Å². The normalized spacial score (nSPS) is 21.5. The van der Waals surface area contributed by atoms with Gasteiger partial charge >= 0.3 is 0 Å². The van der Waals surface area contributed by atoms with Crippen LogP contribution in [-0.4, -0.2) is 18.1 Å². The summed E-state index contributed by atoms with van der Waals surface area (Å²) in [5.74, 6) is 0.700. The monoisotopic (exact) mass is 376 g/mol. The van der Waals surface area contributed by atoms with Crippen molar-refractivity contribution in [2.75, 3.05) is 12.2 Å². The zero-order valence-corrected chi connectivity index (χ0v) is 15.3. The van der Waals surface area contributed by atoms with Gasteiger partial charge in [-0.3, -0.25) is 15.0 Å². The van der Waals surface area contributed by atoms with E-state index in [4.69, 9.17) is 9.57 Å². The number of hydrogen-bond donors (Lipinski definition) is 0. The number of anilines is 1. The third-order valence-corrected chi connectivity index (χ3v) is 4.95. The summed E-state index contributed by atoms with van der Waals surface area (Å²) < 4.78 is 5.23. The van der Waals surface area contributed by atoms with Gasteiger partial charge in [0.2, 0.25) is 0 Å². The molecule has 4 rings (SSSR count). The van der Waals surface area contributed by atoms with Crippen molar-refractivity contribution in [2.45, 2.75) is 18.2 Å². The average Bonchev–Trinajstić information content (AvgIpc) is 3.16.